The summed E-state index contributed by atoms with van der Waals surface area (Å²) in [7, 11) is -0.569. The summed E-state index contributed by atoms with van der Waals surface area (Å²) >= 11 is 0. The number of amides is 5. The number of carbonyl (C=O) groups excluding carboxylic acids is 4. The number of aliphatic carboxylic acids is 1. The Morgan fingerprint density at radius 1 is 0.730 bits per heavy atom. The van der Waals surface area contributed by atoms with Gasteiger partial charge in [0.2, 0.25) is 11.8 Å². The van der Waals surface area contributed by atoms with E-state index in [2.05, 4.69) is 42.1 Å². The number of nitrogens with one attached hydrogen (secondary N) is 6. The normalized spacial score (nSPS) is 15.9. The number of carbonyl (C=O) groups is 5. The molecular weight excluding hydrogens is 973 g/mol. The number of ether oxygens (including phenoxy) is 1. The molecule has 0 spiro atoms. The second kappa shape index (κ2) is 28.1. The molecule has 0 aromatic heterocycles. The van der Waals surface area contributed by atoms with Gasteiger partial charge in [-0.15, -0.1) is 0 Å². The minimum absolute atomic E-state index is 0.0140. The summed E-state index contributed by atoms with van der Waals surface area (Å²) < 4.78 is 39.1. The molecule has 1 aliphatic carbocycles. The topological polar surface area (TPSA) is 293 Å². The number of fused-ring (bicyclic) bond motifs is 1. The number of rotatable bonds is 26. The van der Waals surface area contributed by atoms with Crippen LogP contribution in [0.2, 0.25) is 0 Å². The Morgan fingerprint density at radius 2 is 1.36 bits per heavy atom. The Kier molecular flexibility index (Phi) is 21.5. The van der Waals surface area contributed by atoms with Crippen LogP contribution in [-0.2, 0) is 29.2 Å². The molecule has 9 N–H and O–H groups in total. The maximum absolute atomic E-state index is 14.2. The van der Waals surface area contributed by atoms with E-state index < -0.39 is 58.3 Å². The molecule has 0 bridgehead atoms. The number of azo groups is 1. The molecule has 1 saturated heterocycles. The van der Waals surface area contributed by atoms with Crippen molar-refractivity contribution in [2.45, 2.75) is 99.9 Å². The molecule has 400 valence electrons. The van der Waals surface area contributed by atoms with Crippen LogP contribution in [0, 0.1) is 5.92 Å². The number of aliphatic hydroxyl groups excluding tert-OH is 1. The molecule has 5 amide bonds. The molecule has 74 heavy (non-hydrogen) atoms. The third-order valence-corrected chi connectivity index (χ3v) is 14.1. The third-order valence-electron chi connectivity index (χ3n) is 13.1. The van der Waals surface area contributed by atoms with Crippen molar-refractivity contribution in [2.75, 3.05) is 70.2 Å². The average molecular weight is 1040 g/mol. The van der Waals surface area contributed by atoms with E-state index in [-0.39, 0.29) is 55.6 Å². The highest BCUT2D eigenvalue weighted by Gasteiger charge is 2.33. The molecule has 0 radical (unpaired) electrons. The molecule has 21 nitrogen and oxygen atoms in total. The van der Waals surface area contributed by atoms with E-state index in [0.717, 1.165) is 37.8 Å². The van der Waals surface area contributed by atoms with Gasteiger partial charge in [-0.1, -0.05) is 56.4 Å². The maximum Gasteiger partial charge on any atom is 0.326 e. The molecular formula is C52H70N10O11S. The Morgan fingerprint density at radius 3 is 2.03 bits per heavy atom. The molecule has 4 atom stereocenters. The number of aliphatic hydroxyl groups is 1. The molecule has 4 aromatic carbocycles. The fourth-order valence-corrected chi connectivity index (χ4v) is 9.68. The van der Waals surface area contributed by atoms with Gasteiger partial charge in [-0.3, -0.25) is 24.3 Å². The fourth-order valence-electron chi connectivity index (χ4n) is 8.98. The van der Waals surface area contributed by atoms with Crippen molar-refractivity contribution in [3.63, 3.8) is 0 Å². The van der Waals surface area contributed by atoms with Gasteiger partial charge in [-0.05, 0) is 105 Å². The van der Waals surface area contributed by atoms with Gasteiger partial charge in [0, 0.05) is 74.5 Å². The van der Waals surface area contributed by atoms with Crippen LogP contribution in [0.3, 0.4) is 0 Å². The standard InChI is InChI=1S/C52H70N10O11S/c1-61(2)39-23-21-38(22-24-39)60-59-37-19-17-36(18-20-37)48(64)55-27-7-6-14-44(51(67)68)57-49(65)43(56-50(66)45(34-35-10-4-3-5-11-35)58-52(69)62-30-32-73-33-31-62)25-26-47(63)54-29-28-53-42-15-8-13-41-40(42)12-9-16-46(41)74(70,71)72/h8-9,12-13,15-24,35,43-45,47,53-54,63H,3-7,10-11,14,25-34H2,1-2H3,(H,55,64)(H,56,66)(H,57,65)(H,58,69)(H,67,68)(H,70,71,72)/t43?,44-,45-,47?/m0/s1. The van der Waals surface area contributed by atoms with Crippen LogP contribution < -0.4 is 36.8 Å². The van der Waals surface area contributed by atoms with E-state index in [1.54, 1.807) is 53.4 Å². The van der Waals surface area contributed by atoms with Crippen molar-refractivity contribution in [2.24, 2.45) is 16.1 Å². The second-order valence-corrected chi connectivity index (χ2v) is 20.2. The number of nitrogens with zero attached hydrogens (tertiary/aromatic N) is 4. The zero-order valence-electron chi connectivity index (χ0n) is 42.0. The Balaban J connectivity index is 1.04. The van der Waals surface area contributed by atoms with Crippen molar-refractivity contribution in [1.82, 2.24) is 31.5 Å². The number of hydrogen-bond donors (Lipinski definition) is 9. The van der Waals surface area contributed by atoms with E-state index in [4.69, 9.17) is 4.74 Å². The fraction of sp³-hybridized carbons (Fsp3) is 0.481. The van der Waals surface area contributed by atoms with Crippen LogP contribution in [-0.4, -0.2) is 142 Å². The lowest BCUT2D eigenvalue weighted by Crippen LogP contribution is -2.58. The lowest BCUT2D eigenvalue weighted by atomic mass is 9.84. The summed E-state index contributed by atoms with van der Waals surface area (Å²) in [5.41, 5.74) is 3.28. The van der Waals surface area contributed by atoms with Gasteiger partial charge in [-0.25, -0.2) is 9.59 Å². The quantitative estimate of drug-likeness (QED) is 0.0158. The van der Waals surface area contributed by atoms with E-state index in [9.17, 15) is 47.2 Å². The number of morpholine rings is 1. The summed E-state index contributed by atoms with van der Waals surface area (Å²) in [6, 6.07) is 19.7. The lowest BCUT2D eigenvalue weighted by molar-refractivity contribution is -0.142. The predicted octanol–water partition coefficient (Wildman–Crippen LogP) is 5.70. The second-order valence-electron chi connectivity index (χ2n) is 18.8. The first-order chi connectivity index (χ1) is 35.5. The smallest absolute Gasteiger partial charge is 0.326 e. The molecule has 2 fully saturated rings. The Bertz CT molecular complexity index is 2640. The lowest BCUT2D eigenvalue weighted by Gasteiger charge is -2.32. The first-order valence-corrected chi connectivity index (χ1v) is 26.7. The highest BCUT2D eigenvalue weighted by molar-refractivity contribution is 7.86. The van der Waals surface area contributed by atoms with Gasteiger partial charge in [0.25, 0.3) is 16.0 Å². The van der Waals surface area contributed by atoms with Gasteiger partial charge in [0.05, 0.1) is 24.6 Å². The molecule has 1 aliphatic heterocycles. The molecule has 22 heteroatoms. The number of anilines is 2. The number of benzene rings is 4. The van der Waals surface area contributed by atoms with Crippen LogP contribution in [0.1, 0.15) is 81.0 Å². The highest BCUT2D eigenvalue weighted by atomic mass is 32.2. The van der Waals surface area contributed by atoms with Gasteiger partial charge in [0.1, 0.15) is 29.2 Å². The number of hydrogen-bond acceptors (Lipinski definition) is 14. The first-order valence-electron chi connectivity index (χ1n) is 25.2. The van der Waals surface area contributed by atoms with Crippen LogP contribution in [0.5, 0.6) is 0 Å². The van der Waals surface area contributed by atoms with Crippen molar-refractivity contribution >= 4 is 73.4 Å². The van der Waals surface area contributed by atoms with Gasteiger partial charge in [0.15, 0.2) is 0 Å². The van der Waals surface area contributed by atoms with Crippen LogP contribution >= 0.6 is 0 Å². The number of urea groups is 1. The van der Waals surface area contributed by atoms with Gasteiger partial charge in [-0.2, -0.15) is 18.6 Å². The van der Waals surface area contributed by atoms with Crippen molar-refractivity contribution in [1.29, 1.82) is 0 Å². The highest BCUT2D eigenvalue weighted by Crippen LogP contribution is 2.30. The van der Waals surface area contributed by atoms with Crippen molar-refractivity contribution in [3.05, 3.63) is 90.5 Å². The number of carboxylic acid groups (broad SMARTS) is 1. The first kappa shape index (κ1) is 56.6. The van der Waals surface area contributed by atoms with Crippen molar-refractivity contribution in [3.8, 4) is 0 Å². The minimum atomic E-state index is -4.47. The van der Waals surface area contributed by atoms with E-state index >= 15 is 0 Å². The maximum atomic E-state index is 14.2. The Hall–Kier alpha value is -6.72. The van der Waals surface area contributed by atoms with Gasteiger partial charge < -0.3 is 51.3 Å². The minimum Gasteiger partial charge on any atom is -0.480 e. The number of unbranched alkanes of at least 4 members (excludes halogenated alkanes) is 1. The summed E-state index contributed by atoms with van der Waals surface area (Å²) in [4.78, 5) is 70.5. The van der Waals surface area contributed by atoms with E-state index in [1.165, 1.54) is 12.1 Å². The zero-order valence-corrected chi connectivity index (χ0v) is 42.8. The summed E-state index contributed by atoms with van der Waals surface area (Å²) in [6.07, 6.45) is 4.60. The molecule has 2 unspecified atom stereocenters. The van der Waals surface area contributed by atoms with Gasteiger partial charge >= 0.3 is 12.0 Å². The van der Waals surface area contributed by atoms with E-state index in [0.29, 0.717) is 79.0 Å². The van der Waals surface area contributed by atoms with Crippen molar-refractivity contribution < 1.29 is 51.9 Å². The number of carboxylic acids is 1. The predicted molar refractivity (Wildman–Crippen MR) is 280 cm³/mol. The van der Waals surface area contributed by atoms with Crippen LogP contribution in [0.25, 0.3) is 10.8 Å². The monoisotopic (exact) mass is 1040 g/mol. The third kappa shape index (κ3) is 17.5. The van der Waals surface area contributed by atoms with Crippen LogP contribution in [0.4, 0.5) is 27.5 Å². The summed E-state index contributed by atoms with van der Waals surface area (Å²) in [5, 5.41) is 47.9. The molecule has 2 aliphatic rings. The average Bonchev–Trinajstić information content (AvgIpc) is 3.39. The molecule has 6 rings (SSSR count). The summed E-state index contributed by atoms with van der Waals surface area (Å²) in [5.74, 6) is -2.85. The van der Waals surface area contributed by atoms with Crippen LogP contribution in [0.15, 0.2) is 100 Å². The SMILES string of the molecule is CN(C)c1ccc(N=Nc2ccc(C(=O)NCCCC[C@H](NC(=O)C(CCC(O)NCCNc3cccc4c(S(=O)(=O)O)cccc34)NC(=O)[C@H](CC3CCCCC3)NC(=O)N3CCOCC3)C(=O)O)cc2)cc1. The molecule has 4 aromatic rings. The Labute approximate surface area is 432 Å². The zero-order chi connectivity index (χ0) is 53.0. The molecule has 1 heterocycles. The van der Waals surface area contributed by atoms with E-state index in [1.807, 2.05) is 43.3 Å². The summed E-state index contributed by atoms with van der Waals surface area (Å²) in [6.45, 7) is 2.15. The molecule has 1 saturated carbocycles. The largest absolute Gasteiger partial charge is 0.480 e.